The molecule has 0 spiro atoms. The van der Waals surface area contributed by atoms with E-state index in [1.54, 1.807) is 6.07 Å². The maximum absolute atomic E-state index is 8.21. The highest BCUT2D eigenvalue weighted by Gasteiger charge is 1.95. The van der Waals surface area contributed by atoms with Gasteiger partial charge in [0.2, 0.25) is 0 Å². The predicted molar refractivity (Wildman–Crippen MR) is 43.9 cm³/mol. The van der Waals surface area contributed by atoms with Crippen LogP contribution in [0, 0.1) is 11.5 Å². The number of halogens is 1. The van der Waals surface area contributed by atoms with E-state index in [0.717, 1.165) is 5.56 Å². The largest absolute Gasteiger partial charge is 0.319 e. The van der Waals surface area contributed by atoms with Crippen LogP contribution in [0.4, 0.5) is 0 Å². The van der Waals surface area contributed by atoms with Gasteiger partial charge in [-0.2, -0.15) is 5.26 Å². The SMILES string of the molecule is N#CNCc1ccccc1Cl. The molecule has 0 saturated heterocycles. The number of nitrogens with zero attached hydrogens (tertiary/aromatic N) is 1. The van der Waals surface area contributed by atoms with Gasteiger partial charge < -0.3 is 5.32 Å². The molecule has 0 heterocycles. The van der Waals surface area contributed by atoms with E-state index in [2.05, 4.69) is 5.32 Å². The van der Waals surface area contributed by atoms with Crippen LogP contribution in [-0.2, 0) is 6.54 Å². The summed E-state index contributed by atoms with van der Waals surface area (Å²) in [6.07, 6.45) is 1.83. The molecule has 0 fully saturated rings. The molecule has 0 aliphatic heterocycles. The summed E-state index contributed by atoms with van der Waals surface area (Å²) < 4.78 is 0. The molecule has 0 aliphatic rings. The number of hydrogen-bond acceptors (Lipinski definition) is 2. The van der Waals surface area contributed by atoms with Gasteiger partial charge in [-0.25, -0.2) is 0 Å². The second-order valence-electron chi connectivity index (χ2n) is 2.06. The van der Waals surface area contributed by atoms with Crippen LogP contribution in [-0.4, -0.2) is 0 Å². The summed E-state index contributed by atoms with van der Waals surface area (Å²) in [7, 11) is 0. The Bertz CT molecular complexity index is 278. The van der Waals surface area contributed by atoms with Gasteiger partial charge >= 0.3 is 0 Å². The molecular formula is C8H7ClN2. The second-order valence-corrected chi connectivity index (χ2v) is 2.46. The number of rotatable bonds is 2. The first-order valence-electron chi connectivity index (χ1n) is 3.20. The summed E-state index contributed by atoms with van der Waals surface area (Å²) in [6, 6.07) is 7.43. The van der Waals surface area contributed by atoms with Crippen molar-refractivity contribution in [1.82, 2.24) is 5.32 Å². The number of benzene rings is 1. The van der Waals surface area contributed by atoms with Crippen molar-refractivity contribution in [3.05, 3.63) is 34.9 Å². The minimum Gasteiger partial charge on any atom is -0.319 e. The monoisotopic (exact) mass is 166 g/mol. The first-order valence-corrected chi connectivity index (χ1v) is 3.58. The zero-order chi connectivity index (χ0) is 8.10. The van der Waals surface area contributed by atoms with Crippen LogP contribution in [0.25, 0.3) is 0 Å². The van der Waals surface area contributed by atoms with Gasteiger partial charge in [0.1, 0.15) is 0 Å². The van der Waals surface area contributed by atoms with Crippen molar-refractivity contribution >= 4 is 11.6 Å². The van der Waals surface area contributed by atoms with Crippen molar-refractivity contribution in [3.63, 3.8) is 0 Å². The summed E-state index contributed by atoms with van der Waals surface area (Å²) in [5, 5.41) is 11.4. The molecule has 0 bridgehead atoms. The van der Waals surface area contributed by atoms with E-state index in [1.165, 1.54) is 0 Å². The van der Waals surface area contributed by atoms with Gasteiger partial charge in [-0.15, -0.1) is 0 Å². The third-order valence-electron chi connectivity index (χ3n) is 1.32. The van der Waals surface area contributed by atoms with Crippen LogP contribution in [0.2, 0.25) is 5.02 Å². The molecule has 1 aromatic carbocycles. The van der Waals surface area contributed by atoms with Crippen LogP contribution >= 0.6 is 11.6 Å². The molecule has 1 rings (SSSR count). The molecule has 11 heavy (non-hydrogen) atoms. The Kier molecular flexibility index (Phi) is 2.76. The van der Waals surface area contributed by atoms with Gasteiger partial charge in [-0.05, 0) is 11.6 Å². The van der Waals surface area contributed by atoms with E-state index in [4.69, 9.17) is 16.9 Å². The molecule has 0 unspecified atom stereocenters. The van der Waals surface area contributed by atoms with Crippen molar-refractivity contribution < 1.29 is 0 Å². The fraction of sp³-hybridized carbons (Fsp3) is 0.125. The molecule has 3 heteroatoms. The minimum absolute atomic E-state index is 0.496. The van der Waals surface area contributed by atoms with E-state index in [-0.39, 0.29) is 0 Å². The molecule has 0 aliphatic carbocycles. The van der Waals surface area contributed by atoms with Gasteiger partial charge in [0.15, 0.2) is 6.19 Å². The first-order chi connectivity index (χ1) is 5.34. The highest BCUT2D eigenvalue weighted by atomic mass is 35.5. The molecule has 1 aromatic rings. The maximum Gasteiger partial charge on any atom is 0.176 e. The standard InChI is InChI=1S/C8H7ClN2/c9-8-4-2-1-3-7(8)5-11-6-10/h1-4,11H,5H2. The molecule has 1 N–H and O–H groups in total. The number of hydrogen-bond donors (Lipinski definition) is 1. The third-order valence-corrected chi connectivity index (χ3v) is 1.68. The fourth-order valence-electron chi connectivity index (χ4n) is 0.777. The Hall–Kier alpha value is -1.20. The fourth-order valence-corrected chi connectivity index (χ4v) is 0.979. The van der Waals surface area contributed by atoms with Gasteiger partial charge in [0.25, 0.3) is 0 Å². The lowest BCUT2D eigenvalue weighted by Gasteiger charge is -1.99. The van der Waals surface area contributed by atoms with Crippen LogP contribution < -0.4 is 5.32 Å². The van der Waals surface area contributed by atoms with Crippen molar-refractivity contribution in [3.8, 4) is 6.19 Å². The molecule has 56 valence electrons. The lowest BCUT2D eigenvalue weighted by molar-refractivity contribution is 0.884. The van der Waals surface area contributed by atoms with E-state index >= 15 is 0 Å². The number of nitrogens with one attached hydrogen (secondary N) is 1. The normalized spacial score (nSPS) is 8.73. The minimum atomic E-state index is 0.496. The molecular weight excluding hydrogens is 160 g/mol. The first kappa shape index (κ1) is 7.90. The highest BCUT2D eigenvalue weighted by Crippen LogP contribution is 2.13. The van der Waals surface area contributed by atoms with Crippen LogP contribution in [0.5, 0.6) is 0 Å². The average molecular weight is 167 g/mol. The number of nitriles is 1. The summed E-state index contributed by atoms with van der Waals surface area (Å²) in [5.74, 6) is 0. The Morgan fingerprint density at radius 2 is 2.18 bits per heavy atom. The molecule has 2 nitrogen and oxygen atoms in total. The third kappa shape index (κ3) is 2.14. The highest BCUT2D eigenvalue weighted by molar-refractivity contribution is 6.31. The van der Waals surface area contributed by atoms with E-state index in [0.29, 0.717) is 11.6 Å². The molecule has 0 atom stereocenters. The van der Waals surface area contributed by atoms with Crippen molar-refractivity contribution in [2.75, 3.05) is 0 Å². The maximum atomic E-state index is 8.21. The Balaban J connectivity index is 2.71. The molecule has 0 saturated carbocycles. The molecule has 0 radical (unpaired) electrons. The Morgan fingerprint density at radius 3 is 2.82 bits per heavy atom. The van der Waals surface area contributed by atoms with E-state index < -0.39 is 0 Å². The van der Waals surface area contributed by atoms with Gasteiger partial charge in [0.05, 0.1) is 6.54 Å². The van der Waals surface area contributed by atoms with Gasteiger partial charge in [-0.3, -0.25) is 0 Å². The zero-order valence-corrected chi connectivity index (χ0v) is 6.60. The Labute approximate surface area is 70.4 Å². The van der Waals surface area contributed by atoms with E-state index in [9.17, 15) is 0 Å². The average Bonchev–Trinajstić information content (AvgIpc) is 2.03. The molecule has 0 aromatic heterocycles. The second kappa shape index (κ2) is 3.85. The lowest BCUT2D eigenvalue weighted by Crippen LogP contribution is -2.04. The van der Waals surface area contributed by atoms with Crippen LogP contribution in [0.15, 0.2) is 24.3 Å². The van der Waals surface area contributed by atoms with Crippen molar-refractivity contribution in [2.24, 2.45) is 0 Å². The Morgan fingerprint density at radius 1 is 1.45 bits per heavy atom. The molecule has 0 amide bonds. The van der Waals surface area contributed by atoms with Gasteiger partial charge in [-0.1, -0.05) is 29.8 Å². The zero-order valence-electron chi connectivity index (χ0n) is 5.84. The van der Waals surface area contributed by atoms with Crippen molar-refractivity contribution in [1.29, 1.82) is 5.26 Å². The summed E-state index contributed by atoms with van der Waals surface area (Å²) in [6.45, 7) is 0.496. The van der Waals surface area contributed by atoms with Crippen LogP contribution in [0.1, 0.15) is 5.56 Å². The lowest BCUT2D eigenvalue weighted by atomic mass is 10.2. The summed E-state index contributed by atoms with van der Waals surface area (Å²) in [5.41, 5.74) is 0.940. The predicted octanol–water partition coefficient (Wildman–Crippen LogP) is 1.91. The van der Waals surface area contributed by atoms with E-state index in [1.807, 2.05) is 24.4 Å². The summed E-state index contributed by atoms with van der Waals surface area (Å²) >= 11 is 5.81. The smallest absolute Gasteiger partial charge is 0.176 e. The summed E-state index contributed by atoms with van der Waals surface area (Å²) in [4.78, 5) is 0. The van der Waals surface area contributed by atoms with Gasteiger partial charge in [0, 0.05) is 5.02 Å². The topological polar surface area (TPSA) is 35.8 Å². The quantitative estimate of drug-likeness (QED) is 0.538. The van der Waals surface area contributed by atoms with Crippen molar-refractivity contribution in [2.45, 2.75) is 6.54 Å². The van der Waals surface area contributed by atoms with Crippen LogP contribution in [0.3, 0.4) is 0 Å².